The standard InChI is InChI=1S/C13H14N4O3/c1-2-14-7-10-8-15-13(16-9-10)20-12-6-4-3-5-11(12)17(18)19/h3-6,8-9,14H,2,7H2,1H3. The van der Waals surface area contributed by atoms with E-state index in [0.717, 1.165) is 12.1 Å². The van der Waals surface area contributed by atoms with E-state index >= 15 is 0 Å². The molecule has 0 aliphatic rings. The predicted molar refractivity (Wildman–Crippen MR) is 72.6 cm³/mol. The Labute approximate surface area is 115 Å². The fraction of sp³-hybridized carbons (Fsp3) is 0.231. The fourth-order valence-electron chi connectivity index (χ4n) is 1.55. The first kappa shape index (κ1) is 13.9. The molecule has 0 saturated carbocycles. The smallest absolute Gasteiger partial charge is 0.322 e. The van der Waals surface area contributed by atoms with Crippen molar-refractivity contribution in [1.29, 1.82) is 0 Å². The molecule has 7 nitrogen and oxygen atoms in total. The lowest BCUT2D eigenvalue weighted by atomic mass is 10.3. The van der Waals surface area contributed by atoms with E-state index in [9.17, 15) is 10.1 Å². The molecule has 20 heavy (non-hydrogen) atoms. The van der Waals surface area contributed by atoms with Crippen molar-refractivity contribution in [2.45, 2.75) is 13.5 Å². The average molecular weight is 274 g/mol. The second-order valence-corrected chi connectivity index (χ2v) is 3.98. The zero-order chi connectivity index (χ0) is 14.4. The van der Waals surface area contributed by atoms with Crippen molar-refractivity contribution in [2.75, 3.05) is 6.54 Å². The summed E-state index contributed by atoms with van der Waals surface area (Å²) in [4.78, 5) is 18.4. The van der Waals surface area contributed by atoms with E-state index in [0.29, 0.717) is 6.54 Å². The van der Waals surface area contributed by atoms with E-state index in [4.69, 9.17) is 4.74 Å². The lowest BCUT2D eigenvalue weighted by molar-refractivity contribution is -0.385. The van der Waals surface area contributed by atoms with Crippen LogP contribution in [0, 0.1) is 10.1 Å². The molecular formula is C13H14N4O3. The van der Waals surface area contributed by atoms with Crippen LogP contribution in [0.1, 0.15) is 12.5 Å². The molecule has 1 aromatic heterocycles. The highest BCUT2D eigenvalue weighted by Crippen LogP contribution is 2.28. The van der Waals surface area contributed by atoms with Crippen LogP contribution in [0.25, 0.3) is 0 Å². The fourth-order valence-corrected chi connectivity index (χ4v) is 1.55. The van der Waals surface area contributed by atoms with E-state index in [1.165, 1.54) is 12.1 Å². The molecule has 1 N–H and O–H groups in total. The minimum absolute atomic E-state index is 0.0829. The summed E-state index contributed by atoms with van der Waals surface area (Å²) >= 11 is 0. The van der Waals surface area contributed by atoms with Gasteiger partial charge in [0.05, 0.1) is 4.92 Å². The van der Waals surface area contributed by atoms with Crippen LogP contribution in [-0.2, 0) is 6.54 Å². The Morgan fingerprint density at radius 2 is 2.00 bits per heavy atom. The van der Waals surface area contributed by atoms with Crippen LogP contribution in [0.4, 0.5) is 5.69 Å². The van der Waals surface area contributed by atoms with Gasteiger partial charge in [-0.3, -0.25) is 10.1 Å². The zero-order valence-electron chi connectivity index (χ0n) is 10.9. The van der Waals surface area contributed by atoms with E-state index in [1.807, 2.05) is 6.92 Å². The molecule has 0 radical (unpaired) electrons. The molecule has 0 atom stereocenters. The second-order valence-electron chi connectivity index (χ2n) is 3.98. The quantitative estimate of drug-likeness (QED) is 0.642. The molecule has 0 spiro atoms. The number of nitro benzene ring substituents is 1. The largest absolute Gasteiger partial charge is 0.417 e. The van der Waals surface area contributed by atoms with Gasteiger partial charge in [-0.05, 0) is 12.6 Å². The van der Waals surface area contributed by atoms with E-state index in [2.05, 4.69) is 15.3 Å². The number of nitrogens with one attached hydrogen (secondary N) is 1. The van der Waals surface area contributed by atoms with Gasteiger partial charge in [-0.2, -0.15) is 0 Å². The summed E-state index contributed by atoms with van der Waals surface area (Å²) in [6.07, 6.45) is 3.25. The summed E-state index contributed by atoms with van der Waals surface area (Å²) in [5, 5.41) is 14.0. The molecule has 0 aliphatic heterocycles. The summed E-state index contributed by atoms with van der Waals surface area (Å²) in [5.41, 5.74) is 0.801. The zero-order valence-corrected chi connectivity index (χ0v) is 10.9. The molecule has 0 amide bonds. The van der Waals surface area contributed by atoms with Crippen LogP contribution < -0.4 is 10.1 Å². The minimum Gasteiger partial charge on any atom is -0.417 e. The van der Waals surface area contributed by atoms with Gasteiger partial charge in [-0.15, -0.1) is 0 Å². The van der Waals surface area contributed by atoms with Gasteiger partial charge in [-0.25, -0.2) is 9.97 Å². The molecule has 2 aromatic rings. The van der Waals surface area contributed by atoms with Gasteiger partial charge in [-0.1, -0.05) is 19.1 Å². The SMILES string of the molecule is CCNCc1cnc(Oc2ccccc2[N+](=O)[O-])nc1. The Balaban J connectivity index is 2.12. The number of nitrogens with zero attached hydrogens (tertiary/aromatic N) is 3. The molecule has 1 aromatic carbocycles. The lowest BCUT2D eigenvalue weighted by Gasteiger charge is -2.05. The molecule has 7 heteroatoms. The topological polar surface area (TPSA) is 90.2 Å². The van der Waals surface area contributed by atoms with Crippen LogP contribution in [0.2, 0.25) is 0 Å². The highest BCUT2D eigenvalue weighted by atomic mass is 16.6. The maximum absolute atomic E-state index is 10.9. The molecule has 2 rings (SSSR count). The summed E-state index contributed by atoms with van der Waals surface area (Å²) in [6, 6.07) is 6.19. The van der Waals surface area contributed by atoms with Crippen LogP contribution in [0.5, 0.6) is 11.8 Å². The van der Waals surface area contributed by atoms with E-state index < -0.39 is 4.92 Å². The van der Waals surface area contributed by atoms with Crippen molar-refractivity contribution in [3.05, 3.63) is 52.3 Å². The molecule has 0 saturated heterocycles. The molecule has 104 valence electrons. The van der Waals surface area contributed by atoms with Crippen molar-refractivity contribution in [3.8, 4) is 11.8 Å². The summed E-state index contributed by atoms with van der Waals surface area (Å²) in [5.74, 6) is 0.122. The normalized spacial score (nSPS) is 10.2. The first-order valence-electron chi connectivity index (χ1n) is 6.13. The molecule has 0 bridgehead atoms. The molecule has 1 heterocycles. The van der Waals surface area contributed by atoms with Crippen LogP contribution in [0.3, 0.4) is 0 Å². The number of hydrogen-bond donors (Lipinski definition) is 1. The highest BCUT2D eigenvalue weighted by molar-refractivity contribution is 5.46. The van der Waals surface area contributed by atoms with Crippen molar-refractivity contribution in [2.24, 2.45) is 0 Å². The number of ether oxygens (including phenoxy) is 1. The monoisotopic (exact) mass is 274 g/mol. The number of benzene rings is 1. The van der Waals surface area contributed by atoms with Gasteiger partial charge in [0.15, 0.2) is 0 Å². The number of para-hydroxylation sites is 2. The average Bonchev–Trinajstić information content (AvgIpc) is 2.47. The van der Waals surface area contributed by atoms with Gasteiger partial charge in [0.1, 0.15) is 0 Å². The van der Waals surface area contributed by atoms with Gasteiger partial charge in [0.25, 0.3) is 0 Å². The Morgan fingerprint density at radius 3 is 2.65 bits per heavy atom. The number of aromatic nitrogens is 2. The van der Waals surface area contributed by atoms with Crippen molar-refractivity contribution >= 4 is 5.69 Å². The number of hydrogen-bond acceptors (Lipinski definition) is 6. The van der Waals surface area contributed by atoms with Crippen LogP contribution in [0.15, 0.2) is 36.7 Å². The van der Waals surface area contributed by atoms with Crippen molar-refractivity contribution < 1.29 is 9.66 Å². The Hall–Kier alpha value is -2.54. The summed E-state index contributed by atoms with van der Waals surface area (Å²) in [6.45, 7) is 3.53. The first-order chi connectivity index (χ1) is 9.70. The first-order valence-corrected chi connectivity index (χ1v) is 6.13. The minimum atomic E-state index is -0.505. The van der Waals surface area contributed by atoms with Crippen LogP contribution >= 0.6 is 0 Å². The Morgan fingerprint density at radius 1 is 1.30 bits per heavy atom. The van der Waals surface area contributed by atoms with Crippen LogP contribution in [-0.4, -0.2) is 21.4 Å². The van der Waals surface area contributed by atoms with Gasteiger partial charge in [0.2, 0.25) is 5.75 Å². The maximum atomic E-state index is 10.9. The highest BCUT2D eigenvalue weighted by Gasteiger charge is 2.15. The van der Waals surface area contributed by atoms with Gasteiger partial charge in [0, 0.05) is 30.6 Å². The Kier molecular flexibility index (Phi) is 4.56. The number of rotatable bonds is 6. The number of nitro groups is 1. The second kappa shape index (κ2) is 6.58. The predicted octanol–water partition coefficient (Wildman–Crippen LogP) is 2.29. The molecule has 0 unspecified atom stereocenters. The third-order valence-electron chi connectivity index (χ3n) is 2.52. The van der Waals surface area contributed by atoms with Gasteiger partial charge < -0.3 is 10.1 Å². The lowest BCUT2D eigenvalue weighted by Crippen LogP contribution is -2.12. The van der Waals surface area contributed by atoms with Crippen molar-refractivity contribution in [1.82, 2.24) is 15.3 Å². The van der Waals surface area contributed by atoms with E-state index in [1.54, 1.807) is 24.5 Å². The molecule has 0 fully saturated rings. The molecule has 0 aliphatic carbocycles. The van der Waals surface area contributed by atoms with E-state index in [-0.39, 0.29) is 17.4 Å². The summed E-state index contributed by atoms with van der Waals surface area (Å²) in [7, 11) is 0. The third-order valence-corrected chi connectivity index (χ3v) is 2.52. The molecular weight excluding hydrogens is 260 g/mol. The maximum Gasteiger partial charge on any atom is 0.322 e. The summed E-state index contributed by atoms with van der Waals surface area (Å²) < 4.78 is 5.35. The third kappa shape index (κ3) is 3.48. The van der Waals surface area contributed by atoms with Crippen molar-refractivity contribution in [3.63, 3.8) is 0 Å². The Bertz CT molecular complexity index is 586. The van der Waals surface area contributed by atoms with Gasteiger partial charge >= 0.3 is 11.7 Å².